The van der Waals surface area contributed by atoms with Gasteiger partial charge in [-0.25, -0.2) is 0 Å². The zero-order valence-corrected chi connectivity index (χ0v) is 12.8. The molecule has 0 aromatic carbocycles. The minimum Gasteiger partial charge on any atom is -0.316 e. The quantitative estimate of drug-likeness (QED) is 0.756. The number of hydrogen-bond donors (Lipinski definition) is 1. The molecule has 0 radical (unpaired) electrons. The number of nitrogens with one attached hydrogen (secondary N) is 1. The molecule has 1 saturated heterocycles. The van der Waals surface area contributed by atoms with Crippen LogP contribution in [0.5, 0.6) is 0 Å². The van der Waals surface area contributed by atoms with Crippen LogP contribution in [0.2, 0.25) is 0 Å². The van der Waals surface area contributed by atoms with Gasteiger partial charge in [-0.1, -0.05) is 27.7 Å². The minimum absolute atomic E-state index is 0.494. The second kappa shape index (κ2) is 5.92. The lowest BCUT2D eigenvalue weighted by Crippen LogP contribution is -2.50. The Kier molecular flexibility index (Phi) is 4.71. The Morgan fingerprint density at radius 2 is 1.94 bits per heavy atom. The van der Waals surface area contributed by atoms with Gasteiger partial charge in [0, 0.05) is 12.6 Å². The fourth-order valence-corrected chi connectivity index (χ4v) is 3.53. The second-order valence-electron chi connectivity index (χ2n) is 7.46. The van der Waals surface area contributed by atoms with E-state index in [-0.39, 0.29) is 0 Å². The molecule has 0 aromatic rings. The first-order valence-electron chi connectivity index (χ1n) is 7.97. The summed E-state index contributed by atoms with van der Waals surface area (Å²) in [6.45, 7) is 14.6. The first-order valence-corrected chi connectivity index (χ1v) is 7.97. The van der Waals surface area contributed by atoms with Gasteiger partial charge in [0.05, 0.1) is 0 Å². The van der Waals surface area contributed by atoms with Crippen LogP contribution in [0.1, 0.15) is 53.4 Å². The van der Waals surface area contributed by atoms with E-state index in [0.717, 1.165) is 17.9 Å². The maximum atomic E-state index is 3.61. The van der Waals surface area contributed by atoms with E-state index in [9.17, 15) is 0 Å². The van der Waals surface area contributed by atoms with Crippen molar-refractivity contribution in [3.63, 3.8) is 0 Å². The number of nitrogens with zero attached hydrogens (tertiary/aromatic N) is 1. The van der Waals surface area contributed by atoms with Gasteiger partial charge in [0.1, 0.15) is 0 Å². The van der Waals surface area contributed by atoms with Gasteiger partial charge in [-0.2, -0.15) is 0 Å². The normalized spacial score (nSPS) is 33.7. The Morgan fingerprint density at radius 3 is 2.44 bits per heavy atom. The van der Waals surface area contributed by atoms with Crippen molar-refractivity contribution in [3.8, 4) is 0 Å². The monoisotopic (exact) mass is 252 g/mol. The largest absolute Gasteiger partial charge is 0.316 e. The fourth-order valence-electron chi connectivity index (χ4n) is 3.53. The molecule has 1 aliphatic heterocycles. The lowest BCUT2D eigenvalue weighted by atomic mass is 9.77. The van der Waals surface area contributed by atoms with Crippen LogP contribution in [-0.4, -0.2) is 37.1 Å². The maximum Gasteiger partial charge on any atom is 0.0136 e. The average molecular weight is 252 g/mol. The Hall–Kier alpha value is -0.0800. The van der Waals surface area contributed by atoms with E-state index in [2.05, 4.69) is 37.9 Å². The topological polar surface area (TPSA) is 15.3 Å². The Morgan fingerprint density at radius 1 is 1.17 bits per heavy atom. The minimum atomic E-state index is 0.494. The van der Waals surface area contributed by atoms with Gasteiger partial charge in [0.2, 0.25) is 0 Å². The number of rotatable bonds is 5. The van der Waals surface area contributed by atoms with Crippen LogP contribution < -0.4 is 5.32 Å². The molecule has 1 aliphatic carbocycles. The van der Waals surface area contributed by atoms with Gasteiger partial charge in [0.25, 0.3) is 0 Å². The van der Waals surface area contributed by atoms with Crippen LogP contribution in [0.25, 0.3) is 0 Å². The molecule has 3 unspecified atom stereocenters. The molecule has 106 valence electrons. The van der Waals surface area contributed by atoms with Gasteiger partial charge in [-0.15, -0.1) is 0 Å². The highest BCUT2D eigenvalue weighted by atomic mass is 15.2. The third-order valence-electron chi connectivity index (χ3n) is 5.12. The van der Waals surface area contributed by atoms with E-state index in [4.69, 9.17) is 0 Å². The molecule has 18 heavy (non-hydrogen) atoms. The zero-order chi connectivity index (χ0) is 13.2. The Bertz CT molecular complexity index is 256. The van der Waals surface area contributed by atoms with E-state index in [1.54, 1.807) is 0 Å². The molecule has 2 nitrogen and oxygen atoms in total. The third-order valence-corrected chi connectivity index (χ3v) is 5.12. The van der Waals surface area contributed by atoms with Crippen molar-refractivity contribution in [2.75, 3.05) is 26.2 Å². The van der Waals surface area contributed by atoms with Crippen LogP contribution in [0.4, 0.5) is 0 Å². The van der Waals surface area contributed by atoms with Gasteiger partial charge < -0.3 is 5.32 Å². The van der Waals surface area contributed by atoms with E-state index >= 15 is 0 Å². The van der Waals surface area contributed by atoms with Crippen molar-refractivity contribution in [2.45, 2.75) is 59.4 Å². The molecule has 1 N–H and O–H groups in total. The molecule has 1 heterocycles. The summed E-state index contributed by atoms with van der Waals surface area (Å²) in [6.07, 6.45) is 5.55. The van der Waals surface area contributed by atoms with Crippen molar-refractivity contribution in [3.05, 3.63) is 0 Å². The molecule has 2 heteroatoms. The van der Waals surface area contributed by atoms with Crippen molar-refractivity contribution in [2.24, 2.45) is 17.3 Å². The summed E-state index contributed by atoms with van der Waals surface area (Å²) >= 11 is 0. The SMILES string of the molecule is CCCNCC1CCC1N1CCC(C(C)(C)C)C1. The molecule has 2 fully saturated rings. The molecule has 0 aromatic heterocycles. The molecule has 0 spiro atoms. The van der Waals surface area contributed by atoms with Gasteiger partial charge >= 0.3 is 0 Å². The van der Waals surface area contributed by atoms with Crippen LogP contribution >= 0.6 is 0 Å². The lowest BCUT2D eigenvalue weighted by molar-refractivity contribution is 0.0728. The number of likely N-dealkylation sites (tertiary alicyclic amines) is 1. The van der Waals surface area contributed by atoms with Gasteiger partial charge in [-0.05, 0) is 62.6 Å². The predicted molar refractivity (Wildman–Crippen MR) is 78.8 cm³/mol. The summed E-state index contributed by atoms with van der Waals surface area (Å²) in [5.41, 5.74) is 0.494. The zero-order valence-electron chi connectivity index (χ0n) is 12.8. The first kappa shape index (κ1) is 14.3. The second-order valence-corrected chi connectivity index (χ2v) is 7.46. The summed E-state index contributed by atoms with van der Waals surface area (Å²) in [6, 6.07) is 0.890. The summed E-state index contributed by atoms with van der Waals surface area (Å²) in [5.74, 6) is 1.83. The molecule has 0 bridgehead atoms. The lowest BCUT2D eigenvalue weighted by Gasteiger charge is -2.43. The van der Waals surface area contributed by atoms with Crippen LogP contribution in [-0.2, 0) is 0 Å². The van der Waals surface area contributed by atoms with Crippen molar-refractivity contribution in [1.29, 1.82) is 0 Å². The standard InChI is InChI=1S/C16H32N2/c1-5-9-17-11-13-6-7-15(13)18-10-8-14(12-18)16(2,3)4/h13-15,17H,5-12H2,1-4H3. The molecule has 2 rings (SSSR count). The van der Waals surface area contributed by atoms with E-state index in [1.807, 2.05) is 0 Å². The fraction of sp³-hybridized carbons (Fsp3) is 1.00. The summed E-state index contributed by atoms with van der Waals surface area (Å²) in [5, 5.41) is 3.61. The van der Waals surface area contributed by atoms with E-state index in [1.165, 1.54) is 51.9 Å². The average Bonchev–Trinajstić information content (AvgIpc) is 2.71. The molecule has 0 amide bonds. The predicted octanol–water partition coefficient (Wildman–Crippen LogP) is 3.13. The third kappa shape index (κ3) is 3.27. The summed E-state index contributed by atoms with van der Waals surface area (Å²) < 4.78 is 0. The van der Waals surface area contributed by atoms with Crippen molar-refractivity contribution >= 4 is 0 Å². The van der Waals surface area contributed by atoms with Crippen LogP contribution in [0.15, 0.2) is 0 Å². The molecular formula is C16H32N2. The van der Waals surface area contributed by atoms with Gasteiger partial charge in [-0.3, -0.25) is 4.90 Å². The molecular weight excluding hydrogens is 220 g/mol. The van der Waals surface area contributed by atoms with Crippen molar-refractivity contribution < 1.29 is 0 Å². The highest BCUT2D eigenvalue weighted by Crippen LogP contribution is 2.39. The van der Waals surface area contributed by atoms with Crippen LogP contribution in [0, 0.1) is 17.3 Å². The summed E-state index contributed by atoms with van der Waals surface area (Å²) in [4.78, 5) is 2.79. The maximum absolute atomic E-state index is 3.61. The number of hydrogen-bond acceptors (Lipinski definition) is 2. The Labute approximate surface area is 114 Å². The van der Waals surface area contributed by atoms with Gasteiger partial charge in [0.15, 0.2) is 0 Å². The highest BCUT2D eigenvalue weighted by molar-refractivity contribution is 4.95. The summed E-state index contributed by atoms with van der Waals surface area (Å²) in [7, 11) is 0. The Balaban J connectivity index is 1.76. The van der Waals surface area contributed by atoms with E-state index in [0.29, 0.717) is 5.41 Å². The molecule has 2 aliphatic rings. The molecule has 3 atom stereocenters. The van der Waals surface area contributed by atoms with Crippen molar-refractivity contribution in [1.82, 2.24) is 10.2 Å². The smallest absolute Gasteiger partial charge is 0.0136 e. The highest BCUT2D eigenvalue weighted by Gasteiger charge is 2.40. The van der Waals surface area contributed by atoms with E-state index < -0.39 is 0 Å². The first-order chi connectivity index (χ1) is 8.52. The van der Waals surface area contributed by atoms with Crippen LogP contribution in [0.3, 0.4) is 0 Å². The molecule has 1 saturated carbocycles.